The van der Waals surface area contributed by atoms with Crippen molar-refractivity contribution in [2.75, 3.05) is 5.88 Å². The predicted octanol–water partition coefficient (Wildman–Crippen LogP) is 1.63. The van der Waals surface area contributed by atoms with Crippen LogP contribution < -0.4 is 0 Å². The maximum Gasteiger partial charge on any atom is 0.340 e. The molecule has 6 atom stereocenters. The molecule has 1 aliphatic heterocycles. The first kappa shape index (κ1) is 14.4. The maximum absolute atomic E-state index is 11.9. The number of aliphatic hydroxyl groups is 2. The molecule has 5 heteroatoms. The van der Waals surface area contributed by atoms with E-state index in [-0.39, 0.29) is 29.4 Å². The summed E-state index contributed by atoms with van der Waals surface area (Å²) in [6.45, 7) is 4.16. The minimum absolute atomic E-state index is 0.0463. The lowest BCUT2D eigenvalue weighted by molar-refractivity contribution is -0.154. The number of aliphatic hydroxyl groups excluding tert-OH is 1. The van der Waals surface area contributed by atoms with Gasteiger partial charge in [0.1, 0.15) is 6.10 Å². The zero-order valence-electron chi connectivity index (χ0n) is 11.8. The average molecular weight is 301 g/mol. The van der Waals surface area contributed by atoms with E-state index >= 15 is 0 Å². The molecule has 0 amide bonds. The van der Waals surface area contributed by atoms with Crippen LogP contribution >= 0.6 is 11.6 Å². The molecule has 0 radical (unpaired) electrons. The van der Waals surface area contributed by atoms with Crippen molar-refractivity contribution in [2.45, 2.75) is 50.9 Å². The van der Waals surface area contributed by atoms with Crippen LogP contribution in [0.5, 0.6) is 0 Å². The van der Waals surface area contributed by atoms with Gasteiger partial charge < -0.3 is 14.9 Å². The lowest BCUT2D eigenvalue weighted by Crippen LogP contribution is -2.48. The lowest BCUT2D eigenvalue weighted by atomic mass is 9.58. The van der Waals surface area contributed by atoms with Crippen molar-refractivity contribution in [3.8, 4) is 0 Å². The summed E-state index contributed by atoms with van der Waals surface area (Å²) < 4.78 is 5.37. The minimum Gasteiger partial charge on any atom is -0.459 e. The third-order valence-corrected chi connectivity index (χ3v) is 5.94. The summed E-state index contributed by atoms with van der Waals surface area (Å²) in [5.41, 5.74) is -0.542. The van der Waals surface area contributed by atoms with Gasteiger partial charge in [-0.1, -0.05) is 25.5 Å². The fraction of sp³-hybridized carbons (Fsp3) is 0.800. The van der Waals surface area contributed by atoms with E-state index in [1.54, 1.807) is 0 Å². The number of carbonyl (C=O) groups is 1. The molecule has 3 aliphatic rings. The number of carbonyl (C=O) groups excluding carboxylic acids is 1. The van der Waals surface area contributed by atoms with Crippen LogP contribution in [-0.2, 0) is 9.53 Å². The number of hydrogen-bond donors (Lipinski definition) is 2. The van der Waals surface area contributed by atoms with Crippen molar-refractivity contribution >= 4 is 17.6 Å². The molecule has 0 aromatic heterocycles. The normalized spacial score (nSPS) is 51.0. The van der Waals surface area contributed by atoms with E-state index in [0.29, 0.717) is 6.42 Å². The molecule has 3 rings (SSSR count). The summed E-state index contributed by atoms with van der Waals surface area (Å²) in [6, 6.07) is 0. The summed E-state index contributed by atoms with van der Waals surface area (Å²) in [5, 5.41) is 20.6. The summed E-state index contributed by atoms with van der Waals surface area (Å²) in [6.07, 6.45) is 3.64. The van der Waals surface area contributed by atoms with Crippen molar-refractivity contribution in [1.29, 1.82) is 0 Å². The predicted molar refractivity (Wildman–Crippen MR) is 74.3 cm³/mol. The Hall–Kier alpha value is -0.580. The van der Waals surface area contributed by atoms with E-state index in [1.165, 1.54) is 0 Å². The van der Waals surface area contributed by atoms with Crippen LogP contribution in [-0.4, -0.2) is 39.9 Å². The van der Waals surface area contributed by atoms with Gasteiger partial charge in [0, 0.05) is 5.92 Å². The molecule has 20 heavy (non-hydrogen) atoms. The van der Waals surface area contributed by atoms with E-state index in [0.717, 1.165) is 18.4 Å². The molecule has 0 spiro atoms. The fourth-order valence-corrected chi connectivity index (χ4v) is 4.43. The highest BCUT2D eigenvalue weighted by atomic mass is 35.5. The van der Waals surface area contributed by atoms with Crippen molar-refractivity contribution in [2.24, 2.45) is 17.3 Å². The Morgan fingerprint density at radius 3 is 2.90 bits per heavy atom. The van der Waals surface area contributed by atoms with Gasteiger partial charge >= 0.3 is 5.97 Å². The monoisotopic (exact) mass is 300 g/mol. The van der Waals surface area contributed by atoms with Gasteiger partial charge in [-0.25, -0.2) is 4.79 Å². The number of alkyl halides is 1. The molecule has 2 aliphatic carbocycles. The first-order chi connectivity index (χ1) is 9.32. The van der Waals surface area contributed by atoms with Crippen LogP contribution in [0.1, 0.15) is 33.1 Å². The number of halogens is 1. The number of esters is 1. The Morgan fingerprint density at radius 1 is 1.55 bits per heavy atom. The summed E-state index contributed by atoms with van der Waals surface area (Å²) in [4.78, 5) is 11.9. The van der Waals surface area contributed by atoms with E-state index in [1.807, 2.05) is 13.0 Å². The third kappa shape index (κ3) is 1.78. The molecular formula is C15H21ClO4. The summed E-state index contributed by atoms with van der Waals surface area (Å²) in [5.74, 6) is -1.13. The van der Waals surface area contributed by atoms with Crippen LogP contribution in [0.3, 0.4) is 0 Å². The van der Waals surface area contributed by atoms with Crippen LogP contribution in [0.4, 0.5) is 0 Å². The SMILES string of the molecule is CC1C2=CC3C(CC2(C)CCC1O)OC(=O)C3(O)CCl. The van der Waals surface area contributed by atoms with Crippen LogP contribution in [0, 0.1) is 17.3 Å². The second-order valence-electron chi connectivity index (χ2n) is 6.81. The second-order valence-corrected chi connectivity index (χ2v) is 7.08. The Balaban J connectivity index is 2.03. The van der Waals surface area contributed by atoms with Gasteiger partial charge in [0.15, 0.2) is 5.60 Å². The fourth-order valence-electron chi connectivity index (χ4n) is 4.14. The van der Waals surface area contributed by atoms with E-state index in [4.69, 9.17) is 16.3 Å². The molecular weight excluding hydrogens is 280 g/mol. The number of rotatable bonds is 1. The maximum atomic E-state index is 11.9. The molecule has 1 heterocycles. The van der Waals surface area contributed by atoms with Crippen LogP contribution in [0.2, 0.25) is 0 Å². The summed E-state index contributed by atoms with van der Waals surface area (Å²) >= 11 is 5.81. The highest BCUT2D eigenvalue weighted by Crippen LogP contribution is 2.54. The first-order valence-corrected chi connectivity index (χ1v) is 7.75. The molecule has 2 fully saturated rings. The highest BCUT2D eigenvalue weighted by Gasteiger charge is 2.59. The number of fused-ring (bicyclic) bond motifs is 2. The van der Waals surface area contributed by atoms with Gasteiger partial charge in [-0.3, -0.25) is 0 Å². The largest absolute Gasteiger partial charge is 0.459 e. The molecule has 0 aromatic carbocycles. The zero-order valence-corrected chi connectivity index (χ0v) is 12.6. The van der Waals surface area contributed by atoms with Gasteiger partial charge in [-0.05, 0) is 24.7 Å². The van der Waals surface area contributed by atoms with Crippen molar-refractivity contribution in [1.82, 2.24) is 0 Å². The highest BCUT2D eigenvalue weighted by molar-refractivity contribution is 6.20. The van der Waals surface area contributed by atoms with Crippen molar-refractivity contribution < 1.29 is 19.7 Å². The summed E-state index contributed by atoms with van der Waals surface area (Å²) in [7, 11) is 0. The van der Waals surface area contributed by atoms with Crippen molar-refractivity contribution in [3.05, 3.63) is 11.6 Å². The standard InChI is InChI=1S/C15H21ClO4/c1-8-9-5-10-12(20-13(18)15(10,19)7-16)6-14(9,2)4-3-11(8)17/h5,8,10-12,17,19H,3-4,6-7H2,1-2H3. The van der Waals surface area contributed by atoms with E-state index in [2.05, 4.69) is 6.92 Å². The lowest BCUT2D eigenvalue weighted by Gasteiger charge is -2.47. The average Bonchev–Trinajstić information content (AvgIpc) is 2.65. The minimum atomic E-state index is -1.62. The third-order valence-electron chi connectivity index (χ3n) is 5.53. The molecule has 0 aromatic rings. The number of hydrogen-bond acceptors (Lipinski definition) is 4. The van der Waals surface area contributed by atoms with Crippen LogP contribution in [0.25, 0.3) is 0 Å². The molecule has 1 saturated carbocycles. The first-order valence-electron chi connectivity index (χ1n) is 7.21. The number of ether oxygens (including phenoxy) is 1. The Labute approximate surface area is 123 Å². The zero-order chi connectivity index (χ0) is 14.7. The van der Waals surface area contributed by atoms with Crippen LogP contribution in [0.15, 0.2) is 11.6 Å². The van der Waals surface area contributed by atoms with E-state index < -0.39 is 17.5 Å². The topological polar surface area (TPSA) is 66.8 Å². The molecule has 0 bridgehead atoms. The molecule has 4 nitrogen and oxygen atoms in total. The Bertz CT molecular complexity index is 476. The smallest absolute Gasteiger partial charge is 0.340 e. The van der Waals surface area contributed by atoms with Crippen molar-refractivity contribution in [3.63, 3.8) is 0 Å². The molecule has 6 unspecified atom stereocenters. The van der Waals surface area contributed by atoms with Gasteiger partial charge in [0.2, 0.25) is 0 Å². The Kier molecular flexibility index (Phi) is 3.20. The van der Waals surface area contributed by atoms with Gasteiger partial charge in [0.25, 0.3) is 0 Å². The van der Waals surface area contributed by atoms with Gasteiger partial charge in [0.05, 0.1) is 17.9 Å². The Morgan fingerprint density at radius 2 is 2.25 bits per heavy atom. The molecule has 2 N–H and O–H groups in total. The molecule has 112 valence electrons. The molecule has 1 saturated heterocycles. The quantitative estimate of drug-likeness (QED) is 0.439. The second kappa shape index (κ2) is 4.46. The van der Waals surface area contributed by atoms with Gasteiger partial charge in [-0.15, -0.1) is 11.6 Å². The van der Waals surface area contributed by atoms with E-state index in [9.17, 15) is 15.0 Å². The van der Waals surface area contributed by atoms with Gasteiger partial charge in [-0.2, -0.15) is 0 Å².